The summed E-state index contributed by atoms with van der Waals surface area (Å²) < 4.78 is -0.124. The van der Waals surface area contributed by atoms with Crippen LogP contribution in [0.15, 0.2) is 77.8 Å². The molecule has 142 valence electrons. The van der Waals surface area contributed by atoms with Crippen LogP contribution in [-0.4, -0.2) is 5.04 Å². The van der Waals surface area contributed by atoms with Gasteiger partial charge in [-0.25, -0.2) is 4.99 Å². The van der Waals surface area contributed by atoms with Crippen LogP contribution in [0.2, 0.25) is 0 Å². The molecule has 0 N–H and O–H groups in total. The second-order valence-corrected chi connectivity index (χ2v) is 9.51. The third-order valence-corrected chi connectivity index (χ3v) is 7.96. The average molecular weight is 386 g/mol. The Bertz CT molecular complexity index is 970. The lowest BCUT2D eigenvalue weighted by Crippen LogP contribution is -2.54. The molecule has 0 radical (unpaired) electrons. The summed E-state index contributed by atoms with van der Waals surface area (Å²) in [5.41, 5.74) is 7.50. The van der Waals surface area contributed by atoms with Gasteiger partial charge < -0.3 is 0 Å². The second-order valence-electron chi connectivity index (χ2n) is 8.30. The first-order valence-corrected chi connectivity index (χ1v) is 10.6. The fraction of sp³-hybridized carbons (Fsp3) is 0.269. The summed E-state index contributed by atoms with van der Waals surface area (Å²) in [7, 11) is 0. The Morgan fingerprint density at radius 1 is 0.714 bits per heavy atom. The van der Waals surface area contributed by atoms with Gasteiger partial charge in [-0.15, -0.1) is 0 Å². The molecule has 0 saturated carbocycles. The first-order valence-electron chi connectivity index (χ1n) is 9.83. The van der Waals surface area contributed by atoms with Crippen LogP contribution in [0.1, 0.15) is 41.7 Å². The van der Waals surface area contributed by atoms with E-state index in [1.807, 2.05) is 11.8 Å². The minimum Gasteiger partial charge on any atom is -0.245 e. The van der Waals surface area contributed by atoms with Crippen molar-refractivity contribution in [2.24, 2.45) is 10.4 Å². The maximum atomic E-state index is 5.18. The predicted molar refractivity (Wildman–Crippen MR) is 123 cm³/mol. The predicted octanol–water partition coefficient (Wildman–Crippen LogP) is 7.36. The summed E-state index contributed by atoms with van der Waals surface area (Å²) in [6.45, 7) is 11.1. The van der Waals surface area contributed by atoms with Crippen LogP contribution in [0.25, 0.3) is 0 Å². The number of rotatable bonds is 3. The minimum atomic E-state index is -0.124. The molecule has 0 atom stereocenters. The molecule has 0 aliphatic carbocycles. The summed E-state index contributed by atoms with van der Waals surface area (Å²) in [5.74, 6) is 0. The van der Waals surface area contributed by atoms with E-state index in [9.17, 15) is 0 Å². The van der Waals surface area contributed by atoms with Crippen molar-refractivity contribution >= 4 is 22.5 Å². The molecule has 3 aromatic carbocycles. The van der Waals surface area contributed by atoms with E-state index < -0.39 is 0 Å². The number of thioether (sulfide) groups is 1. The number of nitrogens with zero attached hydrogens (tertiary/aromatic N) is 1. The van der Waals surface area contributed by atoms with Gasteiger partial charge in [-0.1, -0.05) is 104 Å². The van der Waals surface area contributed by atoms with Crippen LogP contribution in [0.3, 0.4) is 0 Å². The van der Waals surface area contributed by atoms with E-state index >= 15 is 0 Å². The molecule has 1 fully saturated rings. The molecular formula is C26H27NS. The summed E-state index contributed by atoms with van der Waals surface area (Å²) in [4.78, 5) is 5.18. The highest BCUT2D eigenvalue weighted by atomic mass is 32.2. The van der Waals surface area contributed by atoms with Crippen molar-refractivity contribution in [3.05, 3.63) is 101 Å². The van der Waals surface area contributed by atoms with Crippen LogP contribution in [0.4, 0.5) is 5.69 Å². The van der Waals surface area contributed by atoms with Crippen molar-refractivity contribution < 1.29 is 0 Å². The third kappa shape index (κ3) is 2.82. The smallest absolute Gasteiger partial charge is 0.0828 e. The Hall–Kier alpha value is -2.32. The summed E-state index contributed by atoms with van der Waals surface area (Å²) >= 11 is 1.90. The number of aryl methyl sites for hydroxylation is 3. The van der Waals surface area contributed by atoms with Crippen LogP contribution in [0.5, 0.6) is 0 Å². The topological polar surface area (TPSA) is 12.4 Å². The number of hydrogen-bond acceptors (Lipinski definition) is 2. The van der Waals surface area contributed by atoms with E-state index in [1.54, 1.807) is 0 Å². The van der Waals surface area contributed by atoms with Gasteiger partial charge in [0.15, 0.2) is 0 Å². The molecular weight excluding hydrogens is 358 g/mol. The summed E-state index contributed by atoms with van der Waals surface area (Å²) in [6, 6.07) is 26.2. The van der Waals surface area contributed by atoms with Gasteiger partial charge in [-0.05, 0) is 43.0 Å². The van der Waals surface area contributed by atoms with Gasteiger partial charge in [0.05, 0.1) is 15.5 Å². The van der Waals surface area contributed by atoms with E-state index in [2.05, 4.69) is 107 Å². The van der Waals surface area contributed by atoms with E-state index in [0.29, 0.717) is 0 Å². The fourth-order valence-electron chi connectivity index (χ4n) is 4.47. The zero-order chi connectivity index (χ0) is 19.9. The largest absolute Gasteiger partial charge is 0.245 e. The first-order chi connectivity index (χ1) is 13.4. The molecule has 0 amide bonds. The Labute approximate surface area is 172 Å². The van der Waals surface area contributed by atoms with Crippen molar-refractivity contribution in [2.75, 3.05) is 0 Å². The Kier molecular flexibility index (Phi) is 4.71. The van der Waals surface area contributed by atoms with Crippen LogP contribution in [-0.2, 0) is 4.75 Å². The maximum absolute atomic E-state index is 5.18. The highest BCUT2D eigenvalue weighted by Gasteiger charge is 2.61. The van der Waals surface area contributed by atoms with Gasteiger partial charge in [0.25, 0.3) is 0 Å². The van der Waals surface area contributed by atoms with E-state index in [0.717, 1.165) is 5.69 Å². The molecule has 0 bridgehead atoms. The third-order valence-electron chi connectivity index (χ3n) is 5.87. The maximum Gasteiger partial charge on any atom is 0.0828 e. The van der Waals surface area contributed by atoms with Crippen molar-refractivity contribution in [3.63, 3.8) is 0 Å². The molecule has 4 rings (SSSR count). The molecule has 1 saturated heterocycles. The molecule has 3 aromatic rings. The van der Waals surface area contributed by atoms with Gasteiger partial charge in [-0.2, -0.15) is 0 Å². The fourth-order valence-corrected chi connectivity index (χ4v) is 6.01. The van der Waals surface area contributed by atoms with E-state index in [4.69, 9.17) is 4.99 Å². The van der Waals surface area contributed by atoms with Gasteiger partial charge in [0.1, 0.15) is 0 Å². The van der Waals surface area contributed by atoms with Gasteiger partial charge in [0, 0.05) is 5.41 Å². The SMILES string of the molecule is Cc1cc(C)c(N=C2SC(c3ccccc3)(c3ccccc3)C2(C)C)c(C)c1. The van der Waals surface area contributed by atoms with Crippen LogP contribution in [0, 0.1) is 26.2 Å². The molecule has 2 heteroatoms. The molecule has 0 spiro atoms. The standard InChI is InChI=1S/C26H27NS/c1-18-16-19(2)23(20(3)17-18)27-24-25(4,5)26(28-24,21-12-8-6-9-13-21)22-14-10-7-11-15-22/h6-17H,1-5H3. The van der Waals surface area contributed by atoms with E-state index in [-0.39, 0.29) is 10.2 Å². The summed E-state index contributed by atoms with van der Waals surface area (Å²) in [6.07, 6.45) is 0. The van der Waals surface area contributed by atoms with Gasteiger partial charge in [-0.3, -0.25) is 0 Å². The monoisotopic (exact) mass is 385 g/mol. The molecule has 0 unspecified atom stereocenters. The average Bonchev–Trinajstić information content (AvgIpc) is 2.67. The normalized spacial score (nSPS) is 18.7. The lowest BCUT2D eigenvalue weighted by Gasteiger charge is -2.56. The Morgan fingerprint density at radius 3 is 1.61 bits per heavy atom. The molecule has 0 aromatic heterocycles. The van der Waals surface area contributed by atoms with Crippen molar-refractivity contribution in [1.82, 2.24) is 0 Å². The second kappa shape index (κ2) is 6.93. The number of benzene rings is 3. The minimum absolute atomic E-state index is 0.0931. The number of aliphatic imine (C=N–C) groups is 1. The number of hydrogen-bond donors (Lipinski definition) is 0. The molecule has 28 heavy (non-hydrogen) atoms. The molecule has 1 heterocycles. The van der Waals surface area contributed by atoms with Gasteiger partial charge in [0.2, 0.25) is 0 Å². The molecule has 1 aliphatic heterocycles. The van der Waals surface area contributed by atoms with Crippen molar-refractivity contribution in [2.45, 2.75) is 39.4 Å². The lowest BCUT2D eigenvalue weighted by atomic mass is 9.69. The first kappa shape index (κ1) is 19.0. The Morgan fingerprint density at radius 2 is 1.18 bits per heavy atom. The highest BCUT2D eigenvalue weighted by molar-refractivity contribution is 8.17. The van der Waals surface area contributed by atoms with Crippen molar-refractivity contribution in [3.8, 4) is 0 Å². The van der Waals surface area contributed by atoms with Crippen LogP contribution < -0.4 is 0 Å². The quantitative estimate of drug-likeness (QED) is 0.459. The zero-order valence-electron chi connectivity index (χ0n) is 17.3. The van der Waals surface area contributed by atoms with E-state index in [1.165, 1.54) is 32.9 Å². The lowest BCUT2D eigenvalue weighted by molar-refractivity contribution is 0.401. The summed E-state index contributed by atoms with van der Waals surface area (Å²) in [5, 5.41) is 1.20. The Balaban J connectivity index is 1.85. The molecule has 1 aliphatic rings. The molecule has 1 nitrogen and oxygen atoms in total. The van der Waals surface area contributed by atoms with Crippen LogP contribution >= 0.6 is 11.8 Å². The highest BCUT2D eigenvalue weighted by Crippen LogP contribution is 2.66. The van der Waals surface area contributed by atoms with Crippen molar-refractivity contribution in [1.29, 1.82) is 0 Å². The zero-order valence-corrected chi connectivity index (χ0v) is 18.1. The van der Waals surface area contributed by atoms with Gasteiger partial charge >= 0.3 is 0 Å².